The highest BCUT2D eigenvalue weighted by molar-refractivity contribution is 9.11. The highest BCUT2D eigenvalue weighted by Gasteiger charge is 2.25. The van der Waals surface area contributed by atoms with Crippen molar-refractivity contribution in [3.8, 4) is 11.4 Å². The zero-order chi connectivity index (χ0) is 21.0. The summed E-state index contributed by atoms with van der Waals surface area (Å²) in [5.74, 6) is -0.334. The van der Waals surface area contributed by atoms with Gasteiger partial charge in [0.2, 0.25) is 0 Å². The van der Waals surface area contributed by atoms with Crippen LogP contribution in [0.25, 0.3) is 5.69 Å². The van der Waals surface area contributed by atoms with Crippen molar-refractivity contribution in [2.45, 2.75) is 32.8 Å². The summed E-state index contributed by atoms with van der Waals surface area (Å²) in [6, 6.07) is 7.42. The summed E-state index contributed by atoms with van der Waals surface area (Å²) < 4.78 is 13.6. The lowest BCUT2D eigenvalue weighted by atomic mass is 9.98. The van der Waals surface area contributed by atoms with E-state index in [1.807, 2.05) is 31.2 Å². The van der Waals surface area contributed by atoms with Crippen LogP contribution in [0.5, 0.6) is 5.75 Å². The molecule has 0 amide bonds. The molecule has 152 valence electrons. The Hall–Kier alpha value is -2.87. The number of ketones is 1. The van der Waals surface area contributed by atoms with Gasteiger partial charge in [-0.1, -0.05) is 28.1 Å². The lowest BCUT2D eigenvalue weighted by molar-refractivity contribution is -0.146. The number of Topliss-reactive ketones (excluding diaryl/α,β-unsaturated/α-hetero) is 1. The van der Waals surface area contributed by atoms with Crippen LogP contribution in [0.4, 0.5) is 0 Å². The Morgan fingerprint density at radius 2 is 2.07 bits per heavy atom. The zero-order valence-corrected chi connectivity index (χ0v) is 17.7. The number of carboxylic acids is 1. The molecule has 0 saturated heterocycles. The van der Waals surface area contributed by atoms with Gasteiger partial charge in [0, 0.05) is 12.6 Å². The van der Waals surface area contributed by atoms with Gasteiger partial charge in [-0.25, -0.2) is 9.48 Å². The van der Waals surface area contributed by atoms with Crippen LogP contribution in [-0.2, 0) is 9.53 Å². The molecule has 1 aliphatic rings. The predicted octanol–water partition coefficient (Wildman–Crippen LogP) is 4.27. The number of benzene rings is 1. The van der Waals surface area contributed by atoms with Gasteiger partial charge in [-0.15, -0.1) is 0 Å². The van der Waals surface area contributed by atoms with Gasteiger partial charge in [-0.3, -0.25) is 4.79 Å². The van der Waals surface area contributed by atoms with Crippen molar-refractivity contribution in [3.63, 3.8) is 0 Å². The summed E-state index contributed by atoms with van der Waals surface area (Å²) in [5, 5.41) is 13.4. The molecule has 1 aliphatic carbocycles. The highest BCUT2D eigenvalue weighted by atomic mass is 79.9. The van der Waals surface area contributed by atoms with Gasteiger partial charge in [-0.05, 0) is 43.0 Å². The Bertz CT molecular complexity index is 992. The first-order chi connectivity index (χ1) is 13.9. The van der Waals surface area contributed by atoms with Crippen molar-refractivity contribution >= 4 is 27.7 Å². The fourth-order valence-electron chi connectivity index (χ4n) is 2.91. The Kier molecular flexibility index (Phi) is 6.53. The van der Waals surface area contributed by atoms with Crippen molar-refractivity contribution in [2.75, 3.05) is 6.61 Å². The van der Waals surface area contributed by atoms with Gasteiger partial charge in [0.1, 0.15) is 17.2 Å². The van der Waals surface area contributed by atoms with Crippen molar-refractivity contribution in [1.82, 2.24) is 9.78 Å². The molecule has 8 heteroatoms. The first-order valence-electron chi connectivity index (χ1n) is 9.21. The van der Waals surface area contributed by atoms with E-state index in [1.54, 1.807) is 17.0 Å². The number of allylic oxidation sites excluding steroid dienone is 4. The van der Waals surface area contributed by atoms with E-state index in [9.17, 15) is 9.59 Å². The summed E-state index contributed by atoms with van der Waals surface area (Å²) in [7, 11) is 0. The summed E-state index contributed by atoms with van der Waals surface area (Å²) in [6.45, 7) is 3.85. The van der Waals surface area contributed by atoms with Gasteiger partial charge in [0.25, 0.3) is 0 Å². The monoisotopic (exact) mass is 460 g/mol. The molecular weight excluding hydrogens is 440 g/mol. The number of aliphatic carboxylic acids is 1. The molecule has 0 radical (unpaired) electrons. The number of hydrogen-bond donors (Lipinski definition) is 1. The van der Waals surface area contributed by atoms with Gasteiger partial charge in [-0.2, -0.15) is 5.10 Å². The molecule has 1 atom stereocenters. The third-order valence-electron chi connectivity index (χ3n) is 4.36. The molecule has 1 N–H and O–H groups in total. The Labute approximate surface area is 176 Å². The molecule has 0 bridgehead atoms. The van der Waals surface area contributed by atoms with E-state index in [0.29, 0.717) is 42.1 Å². The number of hydrogen-bond acceptors (Lipinski definition) is 5. The number of nitrogens with zero attached hydrogens (tertiary/aromatic N) is 2. The molecule has 1 aromatic heterocycles. The van der Waals surface area contributed by atoms with Crippen LogP contribution in [0.2, 0.25) is 0 Å². The topological polar surface area (TPSA) is 90.7 Å². The molecule has 1 unspecified atom stereocenters. The van der Waals surface area contributed by atoms with Crippen molar-refractivity contribution in [2.24, 2.45) is 0 Å². The van der Waals surface area contributed by atoms with Gasteiger partial charge in [0.15, 0.2) is 11.9 Å². The van der Waals surface area contributed by atoms with Gasteiger partial charge < -0.3 is 14.6 Å². The normalized spacial score (nSPS) is 14.9. The molecule has 1 aromatic carbocycles. The molecule has 2 aromatic rings. The Balaban J connectivity index is 1.94. The van der Waals surface area contributed by atoms with Crippen LogP contribution in [0.3, 0.4) is 0 Å². The van der Waals surface area contributed by atoms with Gasteiger partial charge >= 0.3 is 5.97 Å². The maximum atomic E-state index is 13.1. The van der Waals surface area contributed by atoms with E-state index in [0.717, 1.165) is 10.2 Å². The number of aromatic nitrogens is 2. The first kappa shape index (κ1) is 20.9. The molecule has 1 heterocycles. The Morgan fingerprint density at radius 1 is 1.31 bits per heavy atom. The smallest absolute Gasteiger partial charge is 0.344 e. The summed E-state index contributed by atoms with van der Waals surface area (Å²) >= 11 is 3.43. The van der Waals surface area contributed by atoms with E-state index in [-0.39, 0.29) is 5.78 Å². The van der Waals surface area contributed by atoms with E-state index in [2.05, 4.69) is 21.0 Å². The number of para-hydroxylation sites is 2. The molecule has 0 spiro atoms. The zero-order valence-electron chi connectivity index (χ0n) is 16.1. The number of ether oxygens (including phenoxy) is 2. The number of carboxylic acid groups (broad SMARTS) is 1. The van der Waals surface area contributed by atoms with Crippen molar-refractivity contribution in [3.05, 3.63) is 64.1 Å². The first-order valence-corrected chi connectivity index (χ1v) is 10.00. The van der Waals surface area contributed by atoms with Crippen LogP contribution in [0.1, 0.15) is 37.0 Å². The summed E-state index contributed by atoms with van der Waals surface area (Å²) in [5.41, 5.74) is 1.42. The SMILES string of the molecule is CCOc1ccccc1-n1cc(C(=O)C2=C(OC(C)C(=O)O)CCC(Br)=C2)cn1. The second kappa shape index (κ2) is 9.09. The minimum Gasteiger partial charge on any atom is -0.492 e. The third kappa shape index (κ3) is 4.76. The Morgan fingerprint density at radius 3 is 2.79 bits per heavy atom. The second-order valence-corrected chi connectivity index (χ2v) is 7.45. The summed E-state index contributed by atoms with van der Waals surface area (Å²) in [6.07, 6.45) is 4.82. The van der Waals surface area contributed by atoms with Crippen LogP contribution in [0.15, 0.2) is 58.5 Å². The van der Waals surface area contributed by atoms with Crippen molar-refractivity contribution in [1.29, 1.82) is 0 Å². The quantitative estimate of drug-likeness (QED) is 0.591. The van der Waals surface area contributed by atoms with Crippen LogP contribution in [0, 0.1) is 0 Å². The number of carbonyl (C=O) groups is 2. The molecule has 3 rings (SSSR count). The number of halogens is 1. The van der Waals surface area contributed by atoms with E-state index < -0.39 is 12.1 Å². The maximum absolute atomic E-state index is 13.1. The minimum atomic E-state index is -1.08. The largest absolute Gasteiger partial charge is 0.492 e. The third-order valence-corrected chi connectivity index (χ3v) is 4.99. The lowest BCUT2D eigenvalue weighted by Crippen LogP contribution is -2.22. The molecule has 0 aliphatic heterocycles. The fourth-order valence-corrected chi connectivity index (χ4v) is 3.33. The second-order valence-electron chi connectivity index (χ2n) is 6.43. The maximum Gasteiger partial charge on any atom is 0.344 e. The molecule has 7 nitrogen and oxygen atoms in total. The average Bonchev–Trinajstić information content (AvgIpc) is 3.19. The minimum absolute atomic E-state index is 0.283. The highest BCUT2D eigenvalue weighted by Crippen LogP contribution is 2.31. The molecule has 0 fully saturated rings. The van der Waals surface area contributed by atoms with E-state index in [1.165, 1.54) is 13.1 Å². The van der Waals surface area contributed by atoms with Gasteiger partial charge in [0.05, 0.1) is 23.9 Å². The standard InChI is InChI=1S/C21H21BrN2O5/c1-3-28-19-7-5-4-6-17(19)24-12-14(11-23-24)20(25)16-10-15(22)8-9-18(16)29-13(2)21(26)27/h4-7,10-13H,3,8-9H2,1-2H3,(H,26,27). The number of carbonyl (C=O) groups excluding carboxylic acids is 1. The average molecular weight is 461 g/mol. The molecular formula is C21H21BrN2O5. The summed E-state index contributed by atoms with van der Waals surface area (Å²) in [4.78, 5) is 24.3. The predicted molar refractivity (Wildman–Crippen MR) is 111 cm³/mol. The fraction of sp³-hybridized carbons (Fsp3) is 0.286. The van der Waals surface area contributed by atoms with E-state index >= 15 is 0 Å². The van der Waals surface area contributed by atoms with Crippen LogP contribution in [-0.4, -0.2) is 39.4 Å². The number of rotatable bonds is 8. The van der Waals surface area contributed by atoms with Crippen LogP contribution >= 0.6 is 15.9 Å². The molecule has 0 saturated carbocycles. The molecule has 29 heavy (non-hydrogen) atoms. The van der Waals surface area contributed by atoms with Crippen LogP contribution < -0.4 is 4.74 Å². The van der Waals surface area contributed by atoms with Crippen molar-refractivity contribution < 1.29 is 24.2 Å². The lowest BCUT2D eigenvalue weighted by Gasteiger charge is -2.20. The van der Waals surface area contributed by atoms with E-state index in [4.69, 9.17) is 14.6 Å².